The molecule has 1 atom stereocenters. The van der Waals surface area contributed by atoms with Crippen LogP contribution in [-0.2, 0) is 6.54 Å². The first-order valence-corrected chi connectivity index (χ1v) is 7.77. The van der Waals surface area contributed by atoms with Crippen molar-refractivity contribution in [1.82, 2.24) is 24.7 Å². The van der Waals surface area contributed by atoms with Gasteiger partial charge in [-0.1, -0.05) is 0 Å². The van der Waals surface area contributed by atoms with E-state index in [1.165, 1.54) is 6.42 Å². The molecule has 3 heterocycles. The Morgan fingerprint density at radius 3 is 2.95 bits per heavy atom. The molecule has 22 heavy (non-hydrogen) atoms. The summed E-state index contributed by atoms with van der Waals surface area (Å²) in [7, 11) is 0. The quantitative estimate of drug-likeness (QED) is 0.838. The molecule has 7 heteroatoms. The number of anilines is 1. The van der Waals surface area contributed by atoms with Crippen LogP contribution in [0.4, 0.5) is 5.82 Å². The number of hydrogen-bond donors (Lipinski definition) is 0. The van der Waals surface area contributed by atoms with E-state index in [-0.39, 0.29) is 6.10 Å². The summed E-state index contributed by atoms with van der Waals surface area (Å²) in [5.41, 5.74) is 0. The Morgan fingerprint density at radius 1 is 1.32 bits per heavy atom. The minimum absolute atomic E-state index is 0.0891. The Labute approximate surface area is 130 Å². The molecule has 0 bridgehead atoms. The molecular weight excluding hydrogens is 280 g/mol. The fourth-order valence-corrected chi connectivity index (χ4v) is 2.84. The zero-order valence-electron chi connectivity index (χ0n) is 13.1. The van der Waals surface area contributed by atoms with Crippen molar-refractivity contribution in [2.45, 2.75) is 39.3 Å². The highest BCUT2D eigenvalue weighted by Gasteiger charge is 2.24. The highest BCUT2D eigenvalue weighted by Crippen LogP contribution is 2.28. The maximum atomic E-state index is 5.80. The molecule has 0 amide bonds. The van der Waals surface area contributed by atoms with Crippen LogP contribution in [0.15, 0.2) is 25.0 Å². The maximum Gasteiger partial charge on any atom is 0.257 e. The van der Waals surface area contributed by atoms with Crippen molar-refractivity contribution in [3.05, 3.63) is 25.0 Å². The van der Waals surface area contributed by atoms with E-state index < -0.39 is 0 Å². The van der Waals surface area contributed by atoms with Crippen LogP contribution in [0.3, 0.4) is 0 Å². The highest BCUT2D eigenvalue weighted by atomic mass is 16.5. The normalized spacial score (nSPS) is 18.7. The van der Waals surface area contributed by atoms with Crippen LogP contribution in [0.25, 0.3) is 0 Å². The third-order valence-corrected chi connectivity index (χ3v) is 3.72. The SMILES string of the molecule is CC(C)Oc1nccnc1N1CCCC(Cn2cncn2)C1. The molecule has 1 aliphatic rings. The third-order valence-electron chi connectivity index (χ3n) is 3.72. The van der Waals surface area contributed by atoms with Gasteiger partial charge in [-0.15, -0.1) is 0 Å². The fourth-order valence-electron chi connectivity index (χ4n) is 2.84. The van der Waals surface area contributed by atoms with Gasteiger partial charge < -0.3 is 9.64 Å². The van der Waals surface area contributed by atoms with E-state index in [9.17, 15) is 0 Å². The number of piperidine rings is 1. The van der Waals surface area contributed by atoms with Gasteiger partial charge in [0.25, 0.3) is 5.88 Å². The number of ether oxygens (including phenoxy) is 1. The molecule has 2 aromatic heterocycles. The topological polar surface area (TPSA) is 69.0 Å². The number of rotatable bonds is 5. The van der Waals surface area contributed by atoms with Crippen LogP contribution in [0, 0.1) is 5.92 Å². The lowest BCUT2D eigenvalue weighted by Gasteiger charge is -2.34. The average molecular weight is 302 g/mol. The molecule has 118 valence electrons. The summed E-state index contributed by atoms with van der Waals surface area (Å²) in [6.07, 6.45) is 9.17. The van der Waals surface area contributed by atoms with Gasteiger partial charge in [-0.3, -0.25) is 4.68 Å². The Bertz CT molecular complexity index is 585. The highest BCUT2D eigenvalue weighted by molar-refractivity contribution is 5.48. The van der Waals surface area contributed by atoms with Gasteiger partial charge in [0.2, 0.25) is 0 Å². The third kappa shape index (κ3) is 3.52. The predicted octanol–water partition coefficient (Wildman–Crippen LogP) is 1.77. The lowest BCUT2D eigenvalue weighted by Crippen LogP contribution is -2.38. The van der Waals surface area contributed by atoms with E-state index in [0.717, 1.165) is 31.9 Å². The van der Waals surface area contributed by atoms with E-state index in [4.69, 9.17) is 4.74 Å². The van der Waals surface area contributed by atoms with Crippen LogP contribution in [0.2, 0.25) is 0 Å². The van der Waals surface area contributed by atoms with Crippen molar-refractivity contribution in [3.8, 4) is 5.88 Å². The van der Waals surface area contributed by atoms with E-state index in [1.54, 1.807) is 25.0 Å². The number of aromatic nitrogens is 5. The van der Waals surface area contributed by atoms with Gasteiger partial charge in [0.15, 0.2) is 5.82 Å². The molecule has 3 rings (SSSR count). The summed E-state index contributed by atoms with van der Waals surface area (Å²) in [6.45, 7) is 6.81. The molecule has 1 saturated heterocycles. The summed E-state index contributed by atoms with van der Waals surface area (Å²) in [5, 5.41) is 4.20. The second-order valence-electron chi connectivity index (χ2n) is 5.92. The molecule has 2 aromatic rings. The first-order chi connectivity index (χ1) is 10.7. The van der Waals surface area contributed by atoms with Crippen molar-refractivity contribution in [1.29, 1.82) is 0 Å². The smallest absolute Gasteiger partial charge is 0.257 e. The van der Waals surface area contributed by atoms with Crippen molar-refractivity contribution >= 4 is 5.82 Å². The van der Waals surface area contributed by atoms with E-state index >= 15 is 0 Å². The van der Waals surface area contributed by atoms with Crippen molar-refractivity contribution in [2.24, 2.45) is 5.92 Å². The summed E-state index contributed by atoms with van der Waals surface area (Å²) >= 11 is 0. The lowest BCUT2D eigenvalue weighted by molar-refractivity contribution is 0.231. The van der Waals surface area contributed by atoms with Crippen LogP contribution < -0.4 is 9.64 Å². The minimum Gasteiger partial charge on any atom is -0.472 e. The van der Waals surface area contributed by atoms with E-state index in [0.29, 0.717) is 11.8 Å². The Kier molecular flexibility index (Phi) is 4.50. The Morgan fingerprint density at radius 2 is 2.18 bits per heavy atom. The second kappa shape index (κ2) is 6.72. The van der Waals surface area contributed by atoms with E-state index in [1.807, 2.05) is 18.5 Å². The van der Waals surface area contributed by atoms with Gasteiger partial charge in [-0.2, -0.15) is 5.10 Å². The maximum absolute atomic E-state index is 5.80. The Hall–Kier alpha value is -2.18. The molecule has 0 spiro atoms. The first kappa shape index (κ1) is 14.7. The summed E-state index contributed by atoms with van der Waals surface area (Å²) in [4.78, 5) is 15.1. The molecule has 0 aromatic carbocycles. The zero-order chi connectivity index (χ0) is 15.4. The van der Waals surface area contributed by atoms with Gasteiger partial charge in [0, 0.05) is 32.0 Å². The number of nitrogens with zero attached hydrogens (tertiary/aromatic N) is 6. The minimum atomic E-state index is 0.0891. The second-order valence-corrected chi connectivity index (χ2v) is 5.92. The summed E-state index contributed by atoms with van der Waals surface area (Å²) < 4.78 is 7.70. The first-order valence-electron chi connectivity index (χ1n) is 7.77. The number of hydrogen-bond acceptors (Lipinski definition) is 6. The average Bonchev–Trinajstić information content (AvgIpc) is 3.00. The van der Waals surface area contributed by atoms with Gasteiger partial charge in [0.05, 0.1) is 6.10 Å². The molecule has 0 N–H and O–H groups in total. The lowest BCUT2D eigenvalue weighted by atomic mass is 9.98. The van der Waals surface area contributed by atoms with Crippen molar-refractivity contribution in [2.75, 3.05) is 18.0 Å². The summed E-state index contributed by atoms with van der Waals surface area (Å²) in [5.74, 6) is 2.00. The molecule has 1 fully saturated rings. The fraction of sp³-hybridized carbons (Fsp3) is 0.600. The Balaban J connectivity index is 1.71. The zero-order valence-corrected chi connectivity index (χ0v) is 13.1. The summed E-state index contributed by atoms with van der Waals surface area (Å²) in [6, 6.07) is 0. The molecule has 1 unspecified atom stereocenters. The standard InChI is InChI=1S/C15H22N6O/c1-12(2)22-15-14(17-5-6-18-15)20-7-3-4-13(8-20)9-21-11-16-10-19-21/h5-6,10-13H,3-4,7-9H2,1-2H3. The molecule has 0 aliphatic carbocycles. The van der Waals surface area contributed by atoms with Crippen LogP contribution in [0.5, 0.6) is 5.88 Å². The van der Waals surface area contributed by atoms with E-state index in [2.05, 4.69) is 25.0 Å². The molecule has 0 radical (unpaired) electrons. The van der Waals surface area contributed by atoms with Crippen molar-refractivity contribution in [3.63, 3.8) is 0 Å². The monoisotopic (exact) mass is 302 g/mol. The predicted molar refractivity (Wildman–Crippen MR) is 82.8 cm³/mol. The van der Waals surface area contributed by atoms with Gasteiger partial charge >= 0.3 is 0 Å². The molecular formula is C15H22N6O. The van der Waals surface area contributed by atoms with Crippen LogP contribution >= 0.6 is 0 Å². The van der Waals surface area contributed by atoms with Gasteiger partial charge in [-0.05, 0) is 32.6 Å². The van der Waals surface area contributed by atoms with Crippen LogP contribution in [0.1, 0.15) is 26.7 Å². The molecule has 7 nitrogen and oxygen atoms in total. The van der Waals surface area contributed by atoms with Gasteiger partial charge in [0.1, 0.15) is 12.7 Å². The largest absolute Gasteiger partial charge is 0.472 e. The molecule has 1 aliphatic heterocycles. The van der Waals surface area contributed by atoms with Gasteiger partial charge in [-0.25, -0.2) is 15.0 Å². The van der Waals surface area contributed by atoms with Crippen LogP contribution in [-0.4, -0.2) is 43.9 Å². The van der Waals surface area contributed by atoms with Crippen molar-refractivity contribution < 1.29 is 4.74 Å². The molecule has 0 saturated carbocycles.